The minimum atomic E-state index is -0.301. The maximum atomic E-state index is 11.4. The molecule has 0 aromatic heterocycles. The van der Waals surface area contributed by atoms with Crippen LogP contribution in [0.25, 0.3) is 0 Å². The summed E-state index contributed by atoms with van der Waals surface area (Å²) in [5, 5.41) is 15.5. The van der Waals surface area contributed by atoms with Gasteiger partial charge in [0.2, 0.25) is 0 Å². The Bertz CT molecular complexity index is 388. The molecule has 0 saturated heterocycles. The van der Waals surface area contributed by atoms with Gasteiger partial charge in [0.1, 0.15) is 0 Å². The number of nitrogens with one attached hydrogen (secondary N) is 2. The Hall–Kier alpha value is -1.39. The van der Waals surface area contributed by atoms with Crippen LogP contribution in [-0.4, -0.2) is 30.7 Å². The molecule has 4 heteroatoms. The fraction of sp³-hybridized carbons (Fsp3) is 0.533. The van der Waals surface area contributed by atoms with E-state index in [4.69, 9.17) is 0 Å². The van der Waals surface area contributed by atoms with E-state index < -0.39 is 0 Å². The van der Waals surface area contributed by atoms with Gasteiger partial charge in [0.05, 0.1) is 6.10 Å². The van der Waals surface area contributed by atoms with Crippen LogP contribution in [0.2, 0.25) is 0 Å². The van der Waals surface area contributed by atoms with Crippen molar-refractivity contribution in [3.05, 3.63) is 35.4 Å². The smallest absolute Gasteiger partial charge is 0.251 e. The van der Waals surface area contributed by atoms with E-state index in [1.54, 1.807) is 19.2 Å². The number of aliphatic hydroxyl groups is 1. The van der Waals surface area contributed by atoms with Crippen molar-refractivity contribution in [1.82, 2.24) is 10.6 Å². The largest absolute Gasteiger partial charge is 0.392 e. The van der Waals surface area contributed by atoms with Crippen LogP contribution in [0.15, 0.2) is 24.3 Å². The molecule has 1 unspecified atom stereocenters. The van der Waals surface area contributed by atoms with E-state index >= 15 is 0 Å². The zero-order valence-electron chi connectivity index (χ0n) is 11.9. The van der Waals surface area contributed by atoms with Crippen molar-refractivity contribution in [2.75, 3.05) is 13.6 Å². The van der Waals surface area contributed by atoms with Gasteiger partial charge in [0.25, 0.3) is 5.91 Å². The Morgan fingerprint density at radius 3 is 2.42 bits per heavy atom. The zero-order chi connectivity index (χ0) is 14.3. The lowest BCUT2D eigenvalue weighted by Gasteiger charge is -2.13. The summed E-state index contributed by atoms with van der Waals surface area (Å²) in [6.07, 6.45) is 0.507. The van der Waals surface area contributed by atoms with Crippen molar-refractivity contribution in [1.29, 1.82) is 0 Å². The number of benzene rings is 1. The standard InChI is InChI=1S/C15H24N2O2/c1-11(2)8-14(18)10-17-9-12-4-6-13(7-5-12)15(19)16-3/h4-7,11,14,17-18H,8-10H2,1-3H3,(H,16,19). The molecule has 1 aromatic carbocycles. The van der Waals surface area contributed by atoms with Crippen molar-refractivity contribution >= 4 is 5.91 Å². The van der Waals surface area contributed by atoms with Gasteiger partial charge in [-0.3, -0.25) is 4.79 Å². The highest BCUT2D eigenvalue weighted by Gasteiger charge is 2.06. The highest BCUT2D eigenvalue weighted by molar-refractivity contribution is 5.93. The molecule has 3 N–H and O–H groups in total. The van der Waals surface area contributed by atoms with Crippen molar-refractivity contribution in [3.8, 4) is 0 Å². The van der Waals surface area contributed by atoms with Gasteiger partial charge in [-0.1, -0.05) is 26.0 Å². The van der Waals surface area contributed by atoms with E-state index in [0.29, 0.717) is 24.6 Å². The Kier molecular flexibility index (Phi) is 6.53. The van der Waals surface area contributed by atoms with Crippen molar-refractivity contribution in [2.45, 2.75) is 32.9 Å². The normalized spacial score (nSPS) is 12.5. The van der Waals surface area contributed by atoms with Crippen LogP contribution in [0.3, 0.4) is 0 Å². The summed E-state index contributed by atoms with van der Waals surface area (Å²) in [5.74, 6) is 0.426. The average Bonchev–Trinajstić information content (AvgIpc) is 2.37. The summed E-state index contributed by atoms with van der Waals surface area (Å²) in [5.41, 5.74) is 1.76. The molecule has 1 rings (SSSR count). The molecule has 1 amide bonds. The zero-order valence-corrected chi connectivity index (χ0v) is 11.9. The van der Waals surface area contributed by atoms with Crippen LogP contribution in [0.4, 0.5) is 0 Å². The monoisotopic (exact) mass is 264 g/mol. The molecular weight excluding hydrogens is 240 g/mol. The number of aliphatic hydroxyl groups excluding tert-OH is 1. The highest BCUT2D eigenvalue weighted by Crippen LogP contribution is 2.06. The maximum absolute atomic E-state index is 11.4. The molecule has 0 heterocycles. The van der Waals surface area contributed by atoms with Gasteiger partial charge >= 0.3 is 0 Å². The Labute approximate surface area is 115 Å². The molecule has 0 bridgehead atoms. The summed E-state index contributed by atoms with van der Waals surface area (Å²) >= 11 is 0. The summed E-state index contributed by atoms with van der Waals surface area (Å²) in [6, 6.07) is 7.46. The van der Waals surface area contributed by atoms with Crippen LogP contribution in [0.1, 0.15) is 36.2 Å². The lowest BCUT2D eigenvalue weighted by molar-refractivity contribution is 0.0963. The summed E-state index contributed by atoms with van der Waals surface area (Å²) < 4.78 is 0. The fourth-order valence-electron chi connectivity index (χ4n) is 1.93. The second-order valence-corrected chi connectivity index (χ2v) is 5.19. The molecule has 106 valence electrons. The van der Waals surface area contributed by atoms with Gasteiger partial charge in [-0.2, -0.15) is 0 Å². The first-order valence-electron chi connectivity index (χ1n) is 6.72. The summed E-state index contributed by atoms with van der Waals surface area (Å²) in [4.78, 5) is 11.4. The number of hydrogen-bond acceptors (Lipinski definition) is 3. The molecule has 0 aliphatic carbocycles. The predicted octanol–water partition coefficient (Wildman–Crippen LogP) is 1.54. The minimum absolute atomic E-state index is 0.0770. The number of carbonyl (C=O) groups is 1. The molecule has 1 aromatic rings. The Morgan fingerprint density at radius 2 is 1.89 bits per heavy atom. The van der Waals surface area contributed by atoms with Crippen molar-refractivity contribution in [3.63, 3.8) is 0 Å². The third-order valence-electron chi connectivity index (χ3n) is 2.90. The second-order valence-electron chi connectivity index (χ2n) is 5.19. The maximum Gasteiger partial charge on any atom is 0.251 e. The number of rotatable bonds is 7. The second kappa shape index (κ2) is 7.92. The third-order valence-corrected chi connectivity index (χ3v) is 2.90. The van der Waals surface area contributed by atoms with Crippen LogP contribution >= 0.6 is 0 Å². The molecule has 0 radical (unpaired) electrons. The summed E-state index contributed by atoms with van der Waals surface area (Å²) in [7, 11) is 1.62. The predicted molar refractivity (Wildman–Crippen MR) is 77.0 cm³/mol. The number of amides is 1. The number of hydrogen-bond donors (Lipinski definition) is 3. The molecule has 0 aliphatic rings. The molecule has 0 spiro atoms. The Balaban J connectivity index is 2.36. The van der Waals surface area contributed by atoms with Gasteiger partial charge in [0.15, 0.2) is 0 Å². The van der Waals surface area contributed by atoms with Crippen LogP contribution < -0.4 is 10.6 Å². The van der Waals surface area contributed by atoms with Gasteiger partial charge < -0.3 is 15.7 Å². The Morgan fingerprint density at radius 1 is 1.26 bits per heavy atom. The molecule has 0 saturated carbocycles. The average molecular weight is 264 g/mol. The topological polar surface area (TPSA) is 61.4 Å². The minimum Gasteiger partial charge on any atom is -0.392 e. The van der Waals surface area contributed by atoms with Crippen molar-refractivity contribution < 1.29 is 9.90 Å². The van der Waals surface area contributed by atoms with Gasteiger partial charge in [-0.05, 0) is 30.0 Å². The number of carbonyl (C=O) groups excluding carboxylic acids is 1. The molecule has 4 nitrogen and oxygen atoms in total. The van der Waals surface area contributed by atoms with E-state index in [-0.39, 0.29) is 12.0 Å². The van der Waals surface area contributed by atoms with Crippen LogP contribution in [0, 0.1) is 5.92 Å². The van der Waals surface area contributed by atoms with E-state index in [2.05, 4.69) is 24.5 Å². The SMILES string of the molecule is CNC(=O)c1ccc(CNCC(O)CC(C)C)cc1. The van der Waals surface area contributed by atoms with E-state index in [1.165, 1.54) is 0 Å². The highest BCUT2D eigenvalue weighted by atomic mass is 16.3. The first-order valence-corrected chi connectivity index (χ1v) is 6.72. The molecule has 1 atom stereocenters. The summed E-state index contributed by atoms with van der Waals surface area (Å²) in [6.45, 7) is 5.49. The first-order chi connectivity index (χ1) is 9.02. The van der Waals surface area contributed by atoms with E-state index in [0.717, 1.165) is 12.0 Å². The van der Waals surface area contributed by atoms with Crippen molar-refractivity contribution in [2.24, 2.45) is 5.92 Å². The first kappa shape index (κ1) is 15.7. The molecular formula is C15H24N2O2. The third kappa shape index (κ3) is 5.85. The van der Waals surface area contributed by atoms with E-state index in [9.17, 15) is 9.90 Å². The van der Waals surface area contributed by atoms with Gasteiger partial charge in [-0.15, -0.1) is 0 Å². The molecule has 0 aliphatic heterocycles. The van der Waals surface area contributed by atoms with Gasteiger partial charge in [-0.25, -0.2) is 0 Å². The van der Waals surface area contributed by atoms with Crippen LogP contribution in [-0.2, 0) is 6.54 Å². The lowest BCUT2D eigenvalue weighted by Crippen LogP contribution is -2.27. The quantitative estimate of drug-likeness (QED) is 0.700. The van der Waals surface area contributed by atoms with Gasteiger partial charge in [0, 0.05) is 25.7 Å². The lowest BCUT2D eigenvalue weighted by atomic mass is 10.1. The molecule has 0 fully saturated rings. The van der Waals surface area contributed by atoms with Crippen LogP contribution in [0.5, 0.6) is 0 Å². The molecule has 19 heavy (non-hydrogen) atoms. The fourth-order valence-corrected chi connectivity index (χ4v) is 1.93. The van der Waals surface area contributed by atoms with E-state index in [1.807, 2.05) is 12.1 Å².